The molecule has 5 rings (SSSR count). The van der Waals surface area contributed by atoms with Crippen LogP contribution in [0.2, 0.25) is 0 Å². The standard InChI is InChI=1S/C28H34FN5O3/c1-14-5-10-21(37-12-18-6-7-18)23(24(14)29)26-27-25(30-13-31-26)22(16(3)32-27)28(36)34-19-8-9-20(15(2)11-19)33-17(4)35/h5,10,13,15,18-20,32H,6-9,11-12H2,1-4H3,(H,33,35)(H,34,36)/t15-,19-,20+/m1/s1. The number of ether oxygens (including phenoxy) is 1. The van der Waals surface area contributed by atoms with Gasteiger partial charge in [-0.05, 0) is 69.4 Å². The quantitative estimate of drug-likeness (QED) is 0.433. The fourth-order valence-corrected chi connectivity index (χ4v) is 5.34. The Labute approximate surface area is 215 Å². The van der Waals surface area contributed by atoms with Crippen molar-refractivity contribution < 1.29 is 18.7 Å². The highest BCUT2D eigenvalue weighted by Crippen LogP contribution is 2.39. The van der Waals surface area contributed by atoms with Gasteiger partial charge in [0, 0.05) is 24.7 Å². The first-order valence-corrected chi connectivity index (χ1v) is 13.1. The third kappa shape index (κ3) is 5.17. The molecule has 37 heavy (non-hydrogen) atoms. The van der Waals surface area contributed by atoms with Crippen molar-refractivity contribution in [3.8, 4) is 17.0 Å². The number of nitrogens with zero attached hydrogens (tertiary/aromatic N) is 2. The third-order valence-corrected chi connectivity index (χ3v) is 7.60. The van der Waals surface area contributed by atoms with E-state index in [1.54, 1.807) is 19.1 Å². The van der Waals surface area contributed by atoms with Crippen LogP contribution in [0.25, 0.3) is 22.3 Å². The van der Waals surface area contributed by atoms with Gasteiger partial charge in [-0.15, -0.1) is 0 Å². The first kappa shape index (κ1) is 25.2. The van der Waals surface area contributed by atoms with Crippen molar-refractivity contribution in [2.75, 3.05) is 6.61 Å². The summed E-state index contributed by atoms with van der Waals surface area (Å²) < 4.78 is 21.5. The predicted molar refractivity (Wildman–Crippen MR) is 139 cm³/mol. The first-order chi connectivity index (χ1) is 17.7. The summed E-state index contributed by atoms with van der Waals surface area (Å²) >= 11 is 0. The molecule has 0 bridgehead atoms. The topological polar surface area (TPSA) is 109 Å². The van der Waals surface area contributed by atoms with E-state index in [4.69, 9.17) is 4.74 Å². The molecule has 3 N–H and O–H groups in total. The second-order valence-corrected chi connectivity index (χ2v) is 10.7. The highest BCUT2D eigenvalue weighted by molar-refractivity contribution is 6.09. The van der Waals surface area contributed by atoms with Gasteiger partial charge in [0.1, 0.15) is 29.1 Å². The molecule has 3 aromatic rings. The average molecular weight is 508 g/mol. The molecule has 0 aliphatic heterocycles. The lowest BCUT2D eigenvalue weighted by atomic mass is 9.82. The van der Waals surface area contributed by atoms with E-state index in [1.165, 1.54) is 13.3 Å². The molecule has 3 atom stereocenters. The molecule has 2 aliphatic carbocycles. The van der Waals surface area contributed by atoms with Crippen LogP contribution in [0, 0.1) is 31.5 Å². The molecular formula is C28H34FN5O3. The maximum absolute atomic E-state index is 15.5. The molecule has 2 aromatic heterocycles. The van der Waals surface area contributed by atoms with Crippen molar-refractivity contribution in [2.45, 2.75) is 71.9 Å². The molecule has 2 aliphatic rings. The van der Waals surface area contributed by atoms with Crippen LogP contribution in [0.1, 0.15) is 67.6 Å². The Hall–Kier alpha value is -3.49. The minimum atomic E-state index is -0.392. The largest absolute Gasteiger partial charge is 0.492 e. The number of aryl methyl sites for hydroxylation is 2. The molecule has 8 nitrogen and oxygen atoms in total. The first-order valence-electron chi connectivity index (χ1n) is 13.1. The maximum Gasteiger partial charge on any atom is 0.255 e. The molecule has 196 valence electrons. The van der Waals surface area contributed by atoms with Gasteiger partial charge < -0.3 is 20.4 Å². The Morgan fingerprint density at radius 2 is 1.92 bits per heavy atom. The van der Waals surface area contributed by atoms with Gasteiger partial charge in [0.2, 0.25) is 5.91 Å². The van der Waals surface area contributed by atoms with Crippen LogP contribution in [0.3, 0.4) is 0 Å². The number of fused-ring (bicyclic) bond motifs is 1. The van der Waals surface area contributed by atoms with Crippen LogP contribution in [0.5, 0.6) is 5.75 Å². The molecule has 0 unspecified atom stereocenters. The summed E-state index contributed by atoms with van der Waals surface area (Å²) in [6.45, 7) is 7.69. The second-order valence-electron chi connectivity index (χ2n) is 10.7. The summed E-state index contributed by atoms with van der Waals surface area (Å²) in [4.78, 5) is 37.0. The molecular weight excluding hydrogens is 473 g/mol. The Kier molecular flexibility index (Phi) is 6.88. The Morgan fingerprint density at radius 1 is 1.14 bits per heavy atom. The van der Waals surface area contributed by atoms with Gasteiger partial charge >= 0.3 is 0 Å². The number of hydrogen-bond acceptors (Lipinski definition) is 5. The smallest absolute Gasteiger partial charge is 0.255 e. The minimum absolute atomic E-state index is 0.00481. The highest BCUT2D eigenvalue weighted by atomic mass is 19.1. The fourth-order valence-electron chi connectivity index (χ4n) is 5.34. The van der Waals surface area contributed by atoms with Crippen LogP contribution >= 0.6 is 0 Å². The van der Waals surface area contributed by atoms with E-state index in [2.05, 4.69) is 32.5 Å². The Bertz CT molecular complexity index is 1350. The van der Waals surface area contributed by atoms with Gasteiger partial charge in [-0.1, -0.05) is 13.0 Å². The Balaban J connectivity index is 1.44. The number of hydrogen-bond donors (Lipinski definition) is 3. The van der Waals surface area contributed by atoms with Gasteiger partial charge in [-0.3, -0.25) is 9.59 Å². The Morgan fingerprint density at radius 3 is 2.62 bits per heavy atom. The number of benzene rings is 1. The van der Waals surface area contributed by atoms with Crippen LogP contribution in [-0.2, 0) is 4.79 Å². The van der Waals surface area contributed by atoms with Crippen molar-refractivity contribution in [2.24, 2.45) is 11.8 Å². The molecule has 9 heteroatoms. The number of carbonyl (C=O) groups is 2. The highest BCUT2D eigenvalue weighted by Gasteiger charge is 2.31. The van der Waals surface area contributed by atoms with Crippen molar-refractivity contribution in [1.29, 1.82) is 0 Å². The molecule has 1 aromatic carbocycles. The number of rotatable bonds is 7. The van der Waals surface area contributed by atoms with Gasteiger partial charge in [0.25, 0.3) is 5.91 Å². The van der Waals surface area contributed by atoms with E-state index < -0.39 is 5.82 Å². The second kappa shape index (κ2) is 10.1. The van der Waals surface area contributed by atoms with Crippen molar-refractivity contribution in [3.05, 3.63) is 41.1 Å². The van der Waals surface area contributed by atoms with Gasteiger partial charge in [-0.25, -0.2) is 14.4 Å². The van der Waals surface area contributed by atoms with Crippen LogP contribution < -0.4 is 15.4 Å². The number of halogens is 1. The summed E-state index contributed by atoms with van der Waals surface area (Å²) in [5.41, 5.74) is 3.19. The summed E-state index contributed by atoms with van der Waals surface area (Å²) in [5.74, 6) is 0.560. The number of nitrogens with one attached hydrogen (secondary N) is 3. The number of aromatic amines is 1. The molecule has 2 amide bonds. The molecule has 2 heterocycles. The van der Waals surface area contributed by atoms with E-state index in [9.17, 15) is 9.59 Å². The SMILES string of the molecule is CC(=O)N[C@H]1CC[C@@H](NC(=O)c2c(C)[nH]c3c(-c4c(OCC5CC5)ccc(C)c4F)ncnc23)C[C@H]1C. The fraction of sp³-hybridized carbons (Fsp3) is 0.500. The van der Waals surface area contributed by atoms with E-state index in [1.807, 2.05) is 6.92 Å². The predicted octanol–water partition coefficient (Wildman–Crippen LogP) is 4.59. The molecule has 2 saturated carbocycles. The molecule has 0 spiro atoms. The van der Waals surface area contributed by atoms with Crippen molar-refractivity contribution in [1.82, 2.24) is 25.6 Å². The van der Waals surface area contributed by atoms with E-state index in [0.717, 1.165) is 32.1 Å². The maximum atomic E-state index is 15.5. The van der Waals surface area contributed by atoms with Crippen LogP contribution in [-0.4, -0.2) is 45.5 Å². The van der Waals surface area contributed by atoms with Gasteiger partial charge in [0.15, 0.2) is 0 Å². The van der Waals surface area contributed by atoms with Crippen molar-refractivity contribution >= 4 is 22.8 Å². The number of amides is 2. The number of aromatic nitrogens is 3. The van der Waals surface area contributed by atoms with Gasteiger partial charge in [-0.2, -0.15) is 0 Å². The van der Waals surface area contributed by atoms with Crippen molar-refractivity contribution in [3.63, 3.8) is 0 Å². The van der Waals surface area contributed by atoms with E-state index in [-0.39, 0.29) is 35.4 Å². The molecule has 2 fully saturated rings. The normalized spacial score (nSPS) is 21.6. The lowest BCUT2D eigenvalue weighted by Crippen LogP contribution is -2.47. The number of carbonyl (C=O) groups excluding carboxylic acids is 2. The monoisotopic (exact) mass is 507 g/mol. The zero-order chi connectivity index (χ0) is 26.3. The lowest BCUT2D eigenvalue weighted by molar-refractivity contribution is -0.120. The van der Waals surface area contributed by atoms with Gasteiger partial charge in [0.05, 0.1) is 23.3 Å². The van der Waals surface area contributed by atoms with Crippen LogP contribution in [0.15, 0.2) is 18.5 Å². The molecule has 0 saturated heterocycles. The lowest BCUT2D eigenvalue weighted by Gasteiger charge is -2.34. The molecule has 0 radical (unpaired) electrons. The summed E-state index contributed by atoms with van der Waals surface area (Å²) in [6, 6.07) is 3.61. The van der Waals surface area contributed by atoms with E-state index >= 15 is 4.39 Å². The summed E-state index contributed by atoms with van der Waals surface area (Å²) in [7, 11) is 0. The van der Waals surface area contributed by atoms with Crippen LogP contribution in [0.4, 0.5) is 4.39 Å². The third-order valence-electron chi connectivity index (χ3n) is 7.60. The summed E-state index contributed by atoms with van der Waals surface area (Å²) in [6.07, 6.45) is 5.98. The zero-order valence-electron chi connectivity index (χ0n) is 21.8. The zero-order valence-corrected chi connectivity index (χ0v) is 21.8. The minimum Gasteiger partial charge on any atom is -0.492 e. The average Bonchev–Trinajstić information content (AvgIpc) is 3.61. The summed E-state index contributed by atoms with van der Waals surface area (Å²) in [5, 5.41) is 6.16. The number of H-pyrrole nitrogens is 1. The van der Waals surface area contributed by atoms with E-state index in [0.29, 0.717) is 51.8 Å².